The second-order valence-corrected chi connectivity index (χ2v) is 9.86. The molecule has 2 amide bonds. The molecule has 0 spiro atoms. The molecule has 3 heterocycles. The summed E-state index contributed by atoms with van der Waals surface area (Å²) in [7, 11) is 0. The van der Waals surface area contributed by atoms with Crippen LogP contribution in [-0.4, -0.2) is 41.2 Å². The molecule has 2 unspecified atom stereocenters. The monoisotopic (exact) mass is 410 g/mol. The molecule has 1 aromatic heterocycles. The fraction of sp³-hybridized carbons (Fsp3) is 0.500. The van der Waals surface area contributed by atoms with Crippen LogP contribution in [0.15, 0.2) is 41.8 Å². The Hall–Kier alpha value is -2.14. The number of carbonyl (C=O) groups is 2. The third-order valence-electron chi connectivity index (χ3n) is 6.20. The van der Waals surface area contributed by atoms with Gasteiger partial charge in [0.15, 0.2) is 0 Å². The zero-order chi connectivity index (χ0) is 20.5. The predicted octanol–water partition coefficient (Wildman–Crippen LogP) is 4.94. The van der Waals surface area contributed by atoms with E-state index in [1.54, 1.807) is 11.3 Å². The second kappa shape index (κ2) is 8.31. The van der Waals surface area contributed by atoms with E-state index < -0.39 is 0 Å². The largest absolute Gasteiger partial charge is 0.342 e. The normalized spacial score (nSPS) is 22.8. The lowest BCUT2D eigenvalue weighted by Crippen LogP contribution is -2.50. The Morgan fingerprint density at radius 2 is 1.86 bits per heavy atom. The van der Waals surface area contributed by atoms with E-state index in [0.717, 1.165) is 36.4 Å². The molecule has 5 heteroatoms. The van der Waals surface area contributed by atoms with Crippen molar-refractivity contribution in [2.45, 2.75) is 45.6 Å². The molecule has 1 aromatic carbocycles. The van der Waals surface area contributed by atoms with E-state index in [1.807, 2.05) is 45.5 Å². The summed E-state index contributed by atoms with van der Waals surface area (Å²) in [5, 5.41) is 2.04. The molecule has 1 fully saturated rings. The number of rotatable bonds is 4. The van der Waals surface area contributed by atoms with Crippen molar-refractivity contribution in [2.24, 2.45) is 11.8 Å². The molecule has 0 radical (unpaired) electrons. The highest BCUT2D eigenvalue weighted by atomic mass is 32.1. The van der Waals surface area contributed by atoms with Gasteiger partial charge in [-0.05, 0) is 47.8 Å². The summed E-state index contributed by atoms with van der Waals surface area (Å²) in [5.74, 6) is 0.880. The highest BCUT2D eigenvalue weighted by Gasteiger charge is 2.46. The number of hydrogen-bond donors (Lipinski definition) is 0. The number of fused-ring (bicyclic) bond motifs is 1. The van der Waals surface area contributed by atoms with E-state index in [-0.39, 0.29) is 23.8 Å². The van der Waals surface area contributed by atoms with Crippen LogP contribution in [0.3, 0.4) is 0 Å². The van der Waals surface area contributed by atoms with Crippen LogP contribution in [0.25, 0.3) is 0 Å². The van der Waals surface area contributed by atoms with Crippen molar-refractivity contribution < 1.29 is 9.59 Å². The number of likely N-dealkylation sites (tertiary alicyclic amines) is 1. The standard InChI is InChI=1S/C24H30N2O2S/c1-16(2)15-26-22(20-9-6-14-29-20)21(18-7-4-5-8-19(18)23(26)27)24(28)25-12-10-17(3)11-13-25/h4-9,14,16-17,21-22H,10-13,15H2,1-3H3. The van der Waals surface area contributed by atoms with Gasteiger partial charge in [0.1, 0.15) is 0 Å². The molecule has 2 aromatic rings. The zero-order valence-electron chi connectivity index (χ0n) is 17.5. The highest BCUT2D eigenvalue weighted by Crippen LogP contribution is 2.45. The van der Waals surface area contributed by atoms with E-state index in [9.17, 15) is 9.59 Å². The van der Waals surface area contributed by atoms with Crippen molar-refractivity contribution in [3.05, 3.63) is 57.8 Å². The van der Waals surface area contributed by atoms with Gasteiger partial charge < -0.3 is 9.80 Å². The van der Waals surface area contributed by atoms with Crippen LogP contribution < -0.4 is 0 Å². The first kappa shape index (κ1) is 20.1. The minimum Gasteiger partial charge on any atom is -0.342 e. The number of thiophene rings is 1. The van der Waals surface area contributed by atoms with Gasteiger partial charge in [-0.15, -0.1) is 11.3 Å². The van der Waals surface area contributed by atoms with Gasteiger partial charge in [0.2, 0.25) is 5.91 Å². The number of amides is 2. The smallest absolute Gasteiger partial charge is 0.254 e. The van der Waals surface area contributed by atoms with Crippen molar-refractivity contribution in [1.29, 1.82) is 0 Å². The SMILES string of the molecule is CC(C)CN1C(=O)c2ccccc2C(C(=O)N2CCC(C)CC2)C1c1cccs1. The third-order valence-corrected chi connectivity index (χ3v) is 7.14. The van der Waals surface area contributed by atoms with E-state index in [1.165, 1.54) is 0 Å². The van der Waals surface area contributed by atoms with Crippen LogP contribution in [0.1, 0.15) is 66.4 Å². The number of piperidine rings is 1. The van der Waals surface area contributed by atoms with Crippen LogP contribution in [0, 0.1) is 11.8 Å². The number of hydrogen-bond acceptors (Lipinski definition) is 3. The first-order valence-electron chi connectivity index (χ1n) is 10.7. The first-order valence-corrected chi connectivity index (χ1v) is 11.6. The van der Waals surface area contributed by atoms with Crippen molar-refractivity contribution in [1.82, 2.24) is 9.80 Å². The lowest BCUT2D eigenvalue weighted by atomic mass is 9.80. The minimum atomic E-state index is -0.338. The van der Waals surface area contributed by atoms with Crippen LogP contribution in [0.5, 0.6) is 0 Å². The van der Waals surface area contributed by atoms with Crippen molar-refractivity contribution >= 4 is 23.2 Å². The molecule has 2 aliphatic rings. The molecule has 1 saturated heterocycles. The van der Waals surface area contributed by atoms with Gasteiger partial charge in [-0.3, -0.25) is 9.59 Å². The number of benzene rings is 1. The molecule has 154 valence electrons. The van der Waals surface area contributed by atoms with Crippen LogP contribution in [-0.2, 0) is 4.79 Å². The summed E-state index contributed by atoms with van der Waals surface area (Å²) >= 11 is 1.64. The fourth-order valence-electron chi connectivity index (χ4n) is 4.66. The van der Waals surface area contributed by atoms with Gasteiger partial charge >= 0.3 is 0 Å². The average molecular weight is 411 g/mol. The predicted molar refractivity (Wildman–Crippen MR) is 117 cm³/mol. The van der Waals surface area contributed by atoms with Gasteiger partial charge in [-0.1, -0.05) is 45.0 Å². The first-order chi connectivity index (χ1) is 14.0. The highest BCUT2D eigenvalue weighted by molar-refractivity contribution is 7.10. The van der Waals surface area contributed by atoms with Gasteiger partial charge in [-0.25, -0.2) is 0 Å². The van der Waals surface area contributed by atoms with E-state index >= 15 is 0 Å². The van der Waals surface area contributed by atoms with E-state index in [4.69, 9.17) is 0 Å². The molecule has 0 saturated carbocycles. The fourth-order valence-corrected chi connectivity index (χ4v) is 5.53. The van der Waals surface area contributed by atoms with Gasteiger partial charge in [-0.2, -0.15) is 0 Å². The lowest BCUT2D eigenvalue weighted by Gasteiger charge is -2.44. The average Bonchev–Trinajstić information content (AvgIpc) is 3.24. The lowest BCUT2D eigenvalue weighted by molar-refractivity contribution is -0.136. The summed E-state index contributed by atoms with van der Waals surface area (Å²) in [6.45, 7) is 8.79. The van der Waals surface area contributed by atoms with Gasteiger partial charge in [0.25, 0.3) is 5.91 Å². The Balaban J connectivity index is 1.81. The van der Waals surface area contributed by atoms with Crippen LogP contribution in [0.4, 0.5) is 0 Å². The Bertz CT molecular complexity index is 869. The molecule has 2 atom stereocenters. The molecular formula is C24H30N2O2S. The molecule has 4 rings (SSSR count). The Labute approximate surface area is 177 Å². The summed E-state index contributed by atoms with van der Waals surface area (Å²) < 4.78 is 0. The zero-order valence-corrected chi connectivity index (χ0v) is 18.3. The van der Waals surface area contributed by atoms with Crippen LogP contribution in [0.2, 0.25) is 0 Å². The Morgan fingerprint density at radius 1 is 1.14 bits per heavy atom. The second-order valence-electron chi connectivity index (χ2n) is 8.88. The van der Waals surface area contributed by atoms with Gasteiger partial charge in [0.05, 0.1) is 12.0 Å². The summed E-state index contributed by atoms with van der Waals surface area (Å²) in [6, 6.07) is 11.6. The van der Waals surface area contributed by atoms with Crippen molar-refractivity contribution in [3.63, 3.8) is 0 Å². The van der Waals surface area contributed by atoms with Crippen molar-refractivity contribution in [3.8, 4) is 0 Å². The summed E-state index contributed by atoms with van der Waals surface area (Å²) in [6.07, 6.45) is 2.11. The minimum absolute atomic E-state index is 0.0454. The maximum atomic E-state index is 13.9. The Morgan fingerprint density at radius 3 is 2.52 bits per heavy atom. The quantitative estimate of drug-likeness (QED) is 0.716. The third kappa shape index (κ3) is 3.85. The van der Waals surface area contributed by atoms with Crippen LogP contribution >= 0.6 is 11.3 Å². The van der Waals surface area contributed by atoms with Crippen molar-refractivity contribution in [2.75, 3.05) is 19.6 Å². The molecule has 2 aliphatic heterocycles. The molecule has 0 aliphatic carbocycles. The van der Waals surface area contributed by atoms with E-state index in [0.29, 0.717) is 23.9 Å². The number of nitrogens with zero attached hydrogens (tertiary/aromatic N) is 2. The molecule has 0 N–H and O–H groups in total. The molecule has 0 bridgehead atoms. The molecule has 4 nitrogen and oxygen atoms in total. The summed E-state index contributed by atoms with van der Waals surface area (Å²) in [5.41, 5.74) is 1.57. The van der Waals surface area contributed by atoms with Gasteiger partial charge in [0, 0.05) is 30.1 Å². The molecule has 29 heavy (non-hydrogen) atoms. The summed E-state index contributed by atoms with van der Waals surface area (Å²) in [4.78, 5) is 32.4. The maximum Gasteiger partial charge on any atom is 0.254 e. The topological polar surface area (TPSA) is 40.6 Å². The molecular weight excluding hydrogens is 380 g/mol. The Kier molecular flexibility index (Phi) is 5.77. The van der Waals surface area contributed by atoms with E-state index in [2.05, 4.69) is 26.8 Å². The maximum absolute atomic E-state index is 13.9. The number of carbonyl (C=O) groups excluding carboxylic acids is 2.